The third-order valence-corrected chi connectivity index (χ3v) is 6.63. The van der Waals surface area contributed by atoms with Gasteiger partial charge in [0.15, 0.2) is 6.20 Å². The Bertz CT molecular complexity index is 1390. The molecule has 1 amide bonds. The molecule has 2 aromatic heterocycles. The Morgan fingerprint density at radius 3 is 2.74 bits per heavy atom. The number of aryl methyl sites for hydroxylation is 1. The minimum Gasteiger partial charge on any atom is -0.478 e. The number of hydrogen-bond acceptors (Lipinski definition) is 8. The first kappa shape index (κ1) is 28.4. The van der Waals surface area contributed by atoms with Crippen molar-refractivity contribution in [2.24, 2.45) is 7.05 Å². The zero-order chi connectivity index (χ0) is 28.5. The van der Waals surface area contributed by atoms with Crippen molar-refractivity contribution in [2.75, 3.05) is 6.54 Å². The Morgan fingerprint density at radius 1 is 1.31 bits per heavy atom. The van der Waals surface area contributed by atoms with Gasteiger partial charge in [0.1, 0.15) is 23.2 Å². The number of pyridine rings is 1. The second-order valence-corrected chi connectivity index (χ2v) is 11.3. The van der Waals surface area contributed by atoms with E-state index in [9.17, 15) is 19.3 Å². The monoisotopic (exact) mass is 604 g/mol. The van der Waals surface area contributed by atoms with Crippen molar-refractivity contribution in [2.45, 2.75) is 64.7 Å². The zero-order valence-corrected chi connectivity index (χ0v) is 23.9. The molecule has 39 heavy (non-hydrogen) atoms. The van der Waals surface area contributed by atoms with Gasteiger partial charge in [0.2, 0.25) is 5.75 Å². The highest BCUT2D eigenvalue weighted by Crippen LogP contribution is 2.36. The molecule has 0 radical (unpaired) electrons. The van der Waals surface area contributed by atoms with E-state index in [0.717, 1.165) is 12.8 Å². The highest BCUT2D eigenvalue weighted by atomic mass is 79.9. The maximum absolute atomic E-state index is 14.5. The van der Waals surface area contributed by atoms with Crippen LogP contribution >= 0.6 is 15.9 Å². The number of ether oxygens (including phenoxy) is 2. The smallest absolute Gasteiger partial charge is 0.410 e. The molecule has 0 N–H and O–H groups in total. The number of nitro groups is 1. The van der Waals surface area contributed by atoms with E-state index in [0.29, 0.717) is 40.0 Å². The summed E-state index contributed by atoms with van der Waals surface area (Å²) in [6, 6.07) is 5.53. The van der Waals surface area contributed by atoms with E-state index in [2.05, 4.69) is 31.1 Å². The number of likely N-dealkylation sites (tertiary alicyclic amines) is 1. The normalized spacial score (nSPS) is 16.3. The van der Waals surface area contributed by atoms with Crippen molar-refractivity contribution in [3.8, 4) is 17.0 Å². The largest absolute Gasteiger partial charge is 0.478 e. The molecular formula is C26H30BrFN6O5. The van der Waals surface area contributed by atoms with Crippen LogP contribution in [0.1, 0.15) is 57.9 Å². The first-order valence-corrected chi connectivity index (χ1v) is 13.3. The second kappa shape index (κ2) is 11.2. The number of aromatic nitrogens is 4. The fraction of sp³-hybridized carbons (Fsp3) is 0.462. The minimum atomic E-state index is -0.801. The minimum absolute atomic E-state index is 0.0598. The lowest BCUT2D eigenvalue weighted by Gasteiger charge is -2.28. The van der Waals surface area contributed by atoms with Gasteiger partial charge in [-0.15, -0.1) is 0 Å². The zero-order valence-electron chi connectivity index (χ0n) is 22.4. The molecule has 1 aromatic carbocycles. The van der Waals surface area contributed by atoms with E-state index in [1.165, 1.54) is 29.2 Å². The Morgan fingerprint density at radius 2 is 2.05 bits per heavy atom. The third kappa shape index (κ3) is 6.70. The number of carbonyl (C=O) groups excluding carboxylic acids is 1. The fourth-order valence-electron chi connectivity index (χ4n) is 4.60. The van der Waals surface area contributed by atoms with Crippen LogP contribution in [-0.2, 0) is 18.2 Å². The van der Waals surface area contributed by atoms with Crippen LogP contribution in [0.15, 0.2) is 34.9 Å². The maximum atomic E-state index is 14.5. The van der Waals surface area contributed by atoms with E-state index in [1.807, 2.05) is 20.8 Å². The Kier molecular flexibility index (Phi) is 8.19. The standard InChI is InChI=1S/C26H30BrFN6O5/c1-15(38-22-11-16(27)14-29-24(22)34(36)37)20-12-17(28)8-9-19(20)23-21(30-32(5)31-23)13-18-7-6-10-33(18)25(35)39-26(2,3)4/h8-9,11-12,14-15,18H,6-7,10,13H2,1-5H3/t15-,18?/m1/s1. The SMILES string of the molecule is C[C@@H](Oc1cc(Br)cnc1[N+](=O)[O-])c1cc(F)ccc1-c1nn(C)nc1CC1CCCN1C(=O)OC(C)(C)C. The lowest BCUT2D eigenvalue weighted by Crippen LogP contribution is -2.40. The van der Waals surface area contributed by atoms with Crippen molar-refractivity contribution in [1.29, 1.82) is 0 Å². The van der Waals surface area contributed by atoms with Crippen LogP contribution in [0.3, 0.4) is 0 Å². The molecule has 11 nitrogen and oxygen atoms in total. The molecule has 1 fully saturated rings. The predicted molar refractivity (Wildman–Crippen MR) is 144 cm³/mol. The van der Waals surface area contributed by atoms with Crippen LogP contribution in [0.4, 0.5) is 15.0 Å². The molecule has 0 aliphatic carbocycles. The third-order valence-electron chi connectivity index (χ3n) is 6.20. The number of amides is 1. The number of hydrogen-bond donors (Lipinski definition) is 0. The van der Waals surface area contributed by atoms with Crippen LogP contribution in [0.25, 0.3) is 11.3 Å². The van der Waals surface area contributed by atoms with E-state index in [4.69, 9.17) is 9.47 Å². The van der Waals surface area contributed by atoms with Crippen LogP contribution in [-0.4, -0.2) is 54.1 Å². The van der Waals surface area contributed by atoms with E-state index < -0.39 is 28.3 Å². The topological polar surface area (TPSA) is 126 Å². The van der Waals surface area contributed by atoms with Gasteiger partial charge < -0.3 is 24.5 Å². The van der Waals surface area contributed by atoms with Crippen LogP contribution in [0.2, 0.25) is 0 Å². The molecule has 13 heteroatoms. The van der Waals surface area contributed by atoms with Crippen molar-refractivity contribution in [1.82, 2.24) is 24.9 Å². The highest BCUT2D eigenvalue weighted by Gasteiger charge is 2.34. The molecule has 208 valence electrons. The Balaban J connectivity index is 1.66. The van der Waals surface area contributed by atoms with Gasteiger partial charge in [-0.1, -0.05) is 0 Å². The molecule has 0 spiro atoms. The first-order valence-electron chi connectivity index (χ1n) is 12.5. The number of benzene rings is 1. The summed E-state index contributed by atoms with van der Waals surface area (Å²) in [5, 5.41) is 20.6. The van der Waals surface area contributed by atoms with Crippen molar-refractivity contribution >= 4 is 27.8 Å². The number of nitrogens with zero attached hydrogens (tertiary/aromatic N) is 6. The fourth-order valence-corrected chi connectivity index (χ4v) is 4.91. The number of halogens is 2. The summed E-state index contributed by atoms with van der Waals surface area (Å²) >= 11 is 3.26. The average Bonchev–Trinajstić information content (AvgIpc) is 3.44. The highest BCUT2D eigenvalue weighted by molar-refractivity contribution is 9.10. The van der Waals surface area contributed by atoms with Crippen LogP contribution < -0.4 is 4.74 Å². The molecule has 4 rings (SSSR count). The second-order valence-electron chi connectivity index (χ2n) is 10.4. The summed E-state index contributed by atoms with van der Waals surface area (Å²) < 4.78 is 26.5. The number of carbonyl (C=O) groups is 1. The molecule has 1 saturated heterocycles. The molecule has 3 aromatic rings. The van der Waals surface area contributed by atoms with Gasteiger partial charge in [0.25, 0.3) is 0 Å². The van der Waals surface area contributed by atoms with Crippen molar-refractivity contribution in [3.05, 3.63) is 62.1 Å². The summed E-state index contributed by atoms with van der Waals surface area (Å²) in [6.07, 6.45) is 2.18. The summed E-state index contributed by atoms with van der Waals surface area (Å²) in [6.45, 7) is 7.74. The van der Waals surface area contributed by atoms with Gasteiger partial charge in [-0.3, -0.25) is 0 Å². The summed E-state index contributed by atoms with van der Waals surface area (Å²) in [7, 11) is 1.69. The van der Waals surface area contributed by atoms with Crippen molar-refractivity contribution < 1.29 is 23.6 Å². The van der Waals surface area contributed by atoms with E-state index in [1.54, 1.807) is 24.9 Å². The molecular weight excluding hydrogens is 575 g/mol. The van der Waals surface area contributed by atoms with Crippen LogP contribution in [0.5, 0.6) is 5.75 Å². The maximum Gasteiger partial charge on any atom is 0.410 e. The Labute approximate surface area is 233 Å². The van der Waals surface area contributed by atoms with Crippen LogP contribution in [0, 0.1) is 15.9 Å². The van der Waals surface area contributed by atoms with Gasteiger partial charge in [0, 0.05) is 43.2 Å². The molecule has 1 aliphatic heterocycles. The average molecular weight is 605 g/mol. The van der Waals surface area contributed by atoms with Gasteiger partial charge in [-0.05, 0) is 84.6 Å². The van der Waals surface area contributed by atoms with Gasteiger partial charge in [-0.25, -0.2) is 9.18 Å². The molecule has 1 unspecified atom stereocenters. The Hall–Kier alpha value is -3.61. The number of rotatable bonds is 7. The molecule has 3 heterocycles. The lowest BCUT2D eigenvalue weighted by atomic mass is 9.97. The molecule has 0 bridgehead atoms. The van der Waals surface area contributed by atoms with Gasteiger partial charge in [0.05, 0.1) is 10.2 Å². The molecule has 0 saturated carbocycles. The molecule has 2 atom stereocenters. The predicted octanol–water partition coefficient (Wildman–Crippen LogP) is 5.77. The summed E-state index contributed by atoms with van der Waals surface area (Å²) in [5.41, 5.74) is 1.54. The molecule has 1 aliphatic rings. The lowest BCUT2D eigenvalue weighted by molar-refractivity contribution is -0.390. The van der Waals surface area contributed by atoms with Crippen molar-refractivity contribution in [3.63, 3.8) is 0 Å². The van der Waals surface area contributed by atoms with E-state index >= 15 is 0 Å². The van der Waals surface area contributed by atoms with E-state index in [-0.39, 0.29) is 17.9 Å². The summed E-state index contributed by atoms with van der Waals surface area (Å²) in [5.74, 6) is -1.01. The van der Waals surface area contributed by atoms with Gasteiger partial charge >= 0.3 is 11.9 Å². The van der Waals surface area contributed by atoms with Gasteiger partial charge in [-0.2, -0.15) is 15.0 Å². The first-order chi connectivity index (χ1) is 18.3. The summed E-state index contributed by atoms with van der Waals surface area (Å²) in [4.78, 5) is 30.7. The quantitative estimate of drug-likeness (QED) is 0.246.